The third-order valence-corrected chi connectivity index (χ3v) is 3.86. The number of carbonyl (C=O) groups is 1. The van der Waals surface area contributed by atoms with Crippen molar-refractivity contribution < 1.29 is 4.79 Å². The maximum atomic E-state index is 12.0. The fraction of sp³-hybridized carbons (Fsp3) is 0.316. The predicted molar refractivity (Wildman–Crippen MR) is 92.0 cm³/mol. The van der Waals surface area contributed by atoms with Gasteiger partial charge in [-0.15, -0.1) is 0 Å². The van der Waals surface area contributed by atoms with Crippen molar-refractivity contribution in [3.63, 3.8) is 0 Å². The highest BCUT2D eigenvalue weighted by atomic mass is 16.1. The summed E-state index contributed by atoms with van der Waals surface area (Å²) >= 11 is 0. The van der Waals surface area contributed by atoms with Crippen molar-refractivity contribution in [1.82, 2.24) is 5.32 Å². The lowest BCUT2D eigenvalue weighted by Crippen LogP contribution is -2.21. The number of rotatable bonds is 6. The first-order valence-corrected chi connectivity index (χ1v) is 7.68. The van der Waals surface area contributed by atoms with Crippen LogP contribution in [0.2, 0.25) is 0 Å². The van der Waals surface area contributed by atoms with Gasteiger partial charge in [0.25, 0.3) is 0 Å². The highest BCUT2D eigenvalue weighted by Crippen LogP contribution is 2.17. The Kier molecular flexibility index (Phi) is 5.73. The van der Waals surface area contributed by atoms with Crippen molar-refractivity contribution in [3.8, 4) is 0 Å². The van der Waals surface area contributed by atoms with E-state index in [1.807, 2.05) is 32.0 Å². The van der Waals surface area contributed by atoms with Crippen molar-refractivity contribution in [2.45, 2.75) is 33.7 Å². The molecular weight excluding hydrogens is 272 g/mol. The molecule has 0 unspecified atom stereocenters. The summed E-state index contributed by atoms with van der Waals surface area (Å²) in [5.74, 6) is 0.0464. The molecule has 116 valence electrons. The molecule has 1 amide bonds. The van der Waals surface area contributed by atoms with Crippen LogP contribution in [0, 0.1) is 20.8 Å². The Labute approximate surface area is 132 Å². The fourth-order valence-corrected chi connectivity index (χ4v) is 2.24. The summed E-state index contributed by atoms with van der Waals surface area (Å²) in [5, 5.41) is 6.28. The molecule has 0 fully saturated rings. The van der Waals surface area contributed by atoms with E-state index in [0.717, 1.165) is 17.8 Å². The van der Waals surface area contributed by atoms with E-state index in [0.29, 0.717) is 13.0 Å². The van der Waals surface area contributed by atoms with Crippen molar-refractivity contribution in [2.24, 2.45) is 0 Å². The quantitative estimate of drug-likeness (QED) is 0.798. The number of aryl methyl sites for hydroxylation is 2. The summed E-state index contributed by atoms with van der Waals surface area (Å²) in [6.45, 7) is 7.62. The molecule has 3 heteroatoms. The monoisotopic (exact) mass is 296 g/mol. The molecule has 0 heterocycles. The minimum atomic E-state index is 0.0464. The van der Waals surface area contributed by atoms with Crippen LogP contribution in [0.3, 0.4) is 0 Å². The molecule has 0 aromatic heterocycles. The van der Waals surface area contributed by atoms with Gasteiger partial charge in [-0.1, -0.05) is 42.0 Å². The van der Waals surface area contributed by atoms with Gasteiger partial charge in [0.15, 0.2) is 0 Å². The Morgan fingerprint density at radius 2 is 1.73 bits per heavy atom. The number of amides is 1. The summed E-state index contributed by atoms with van der Waals surface area (Å²) < 4.78 is 0. The van der Waals surface area contributed by atoms with E-state index < -0.39 is 0 Å². The van der Waals surface area contributed by atoms with Gasteiger partial charge in [0, 0.05) is 25.2 Å². The van der Waals surface area contributed by atoms with Gasteiger partial charge >= 0.3 is 0 Å². The van der Waals surface area contributed by atoms with Gasteiger partial charge in [-0.2, -0.15) is 0 Å². The topological polar surface area (TPSA) is 41.1 Å². The number of benzene rings is 2. The molecule has 22 heavy (non-hydrogen) atoms. The SMILES string of the molecule is Cc1ccc(CNCCC(=O)Nc2cccc(C)c2C)cc1. The zero-order chi connectivity index (χ0) is 15.9. The third kappa shape index (κ3) is 4.71. The second kappa shape index (κ2) is 7.76. The van der Waals surface area contributed by atoms with Crippen LogP contribution in [-0.4, -0.2) is 12.5 Å². The molecule has 2 rings (SSSR count). The minimum absolute atomic E-state index is 0.0464. The summed E-state index contributed by atoms with van der Waals surface area (Å²) in [7, 11) is 0. The summed E-state index contributed by atoms with van der Waals surface area (Å²) in [4.78, 5) is 12.0. The van der Waals surface area contributed by atoms with Crippen LogP contribution < -0.4 is 10.6 Å². The van der Waals surface area contributed by atoms with Gasteiger partial charge in [-0.3, -0.25) is 4.79 Å². The van der Waals surface area contributed by atoms with E-state index in [9.17, 15) is 4.79 Å². The molecule has 3 nitrogen and oxygen atoms in total. The van der Waals surface area contributed by atoms with Crippen LogP contribution in [0.4, 0.5) is 5.69 Å². The lowest BCUT2D eigenvalue weighted by Gasteiger charge is -2.10. The molecule has 0 aliphatic carbocycles. The van der Waals surface area contributed by atoms with Gasteiger partial charge in [-0.25, -0.2) is 0 Å². The Morgan fingerprint density at radius 1 is 1.00 bits per heavy atom. The molecule has 2 aromatic rings. The Bertz CT molecular complexity index is 632. The van der Waals surface area contributed by atoms with Crippen LogP contribution in [0.15, 0.2) is 42.5 Å². The van der Waals surface area contributed by atoms with Gasteiger partial charge < -0.3 is 10.6 Å². The molecule has 2 N–H and O–H groups in total. The highest BCUT2D eigenvalue weighted by Gasteiger charge is 2.05. The average molecular weight is 296 g/mol. The molecule has 0 aliphatic rings. The molecule has 0 aliphatic heterocycles. The van der Waals surface area contributed by atoms with E-state index >= 15 is 0 Å². The van der Waals surface area contributed by atoms with Crippen LogP contribution in [0.5, 0.6) is 0 Å². The Balaban J connectivity index is 1.74. The number of nitrogens with one attached hydrogen (secondary N) is 2. The maximum absolute atomic E-state index is 12.0. The van der Waals surface area contributed by atoms with E-state index in [1.54, 1.807) is 0 Å². The lowest BCUT2D eigenvalue weighted by atomic mass is 10.1. The maximum Gasteiger partial charge on any atom is 0.225 e. The molecule has 0 saturated carbocycles. The van der Waals surface area contributed by atoms with Crippen molar-refractivity contribution in [1.29, 1.82) is 0 Å². The zero-order valence-corrected chi connectivity index (χ0v) is 13.6. The molecular formula is C19H24N2O. The number of hydrogen-bond acceptors (Lipinski definition) is 2. The lowest BCUT2D eigenvalue weighted by molar-refractivity contribution is -0.116. The zero-order valence-electron chi connectivity index (χ0n) is 13.6. The summed E-state index contributed by atoms with van der Waals surface area (Å²) in [6, 6.07) is 14.4. The second-order valence-electron chi connectivity index (χ2n) is 5.71. The van der Waals surface area contributed by atoms with Crippen LogP contribution in [0.1, 0.15) is 28.7 Å². The third-order valence-electron chi connectivity index (χ3n) is 3.86. The van der Waals surface area contributed by atoms with E-state index in [2.05, 4.69) is 41.8 Å². The first kappa shape index (κ1) is 16.2. The normalized spacial score (nSPS) is 10.5. The van der Waals surface area contributed by atoms with Crippen LogP contribution >= 0.6 is 0 Å². The Morgan fingerprint density at radius 3 is 2.45 bits per heavy atom. The molecule has 0 radical (unpaired) electrons. The Hall–Kier alpha value is -2.13. The van der Waals surface area contributed by atoms with Gasteiger partial charge in [0.05, 0.1) is 0 Å². The number of carbonyl (C=O) groups excluding carboxylic acids is 1. The second-order valence-corrected chi connectivity index (χ2v) is 5.71. The molecule has 0 atom stereocenters. The van der Waals surface area contributed by atoms with Gasteiger partial charge in [-0.05, 0) is 43.5 Å². The average Bonchev–Trinajstić information content (AvgIpc) is 2.50. The standard InChI is InChI=1S/C19H24N2O/c1-14-7-9-17(10-8-14)13-20-12-11-19(22)21-18-6-4-5-15(2)16(18)3/h4-10,20H,11-13H2,1-3H3,(H,21,22). The summed E-state index contributed by atoms with van der Waals surface area (Å²) in [5.41, 5.74) is 5.72. The van der Waals surface area contributed by atoms with Gasteiger partial charge in [0.2, 0.25) is 5.91 Å². The van der Waals surface area contributed by atoms with Crippen molar-refractivity contribution >= 4 is 11.6 Å². The first-order chi connectivity index (χ1) is 10.6. The fourth-order valence-electron chi connectivity index (χ4n) is 2.24. The van der Waals surface area contributed by atoms with Crippen LogP contribution in [0.25, 0.3) is 0 Å². The summed E-state index contributed by atoms with van der Waals surface area (Å²) in [6.07, 6.45) is 0.471. The molecule has 0 saturated heterocycles. The van der Waals surface area contributed by atoms with Crippen LogP contribution in [-0.2, 0) is 11.3 Å². The van der Waals surface area contributed by atoms with E-state index in [1.165, 1.54) is 16.7 Å². The number of hydrogen-bond donors (Lipinski definition) is 2. The number of anilines is 1. The molecule has 2 aromatic carbocycles. The van der Waals surface area contributed by atoms with Crippen molar-refractivity contribution in [3.05, 3.63) is 64.7 Å². The van der Waals surface area contributed by atoms with Crippen molar-refractivity contribution in [2.75, 3.05) is 11.9 Å². The molecule has 0 bridgehead atoms. The van der Waals surface area contributed by atoms with E-state index in [4.69, 9.17) is 0 Å². The highest BCUT2D eigenvalue weighted by molar-refractivity contribution is 5.91. The van der Waals surface area contributed by atoms with Gasteiger partial charge in [0.1, 0.15) is 0 Å². The largest absolute Gasteiger partial charge is 0.326 e. The predicted octanol–water partition coefficient (Wildman–Crippen LogP) is 3.73. The molecule has 0 spiro atoms. The smallest absolute Gasteiger partial charge is 0.225 e. The minimum Gasteiger partial charge on any atom is -0.326 e. The van der Waals surface area contributed by atoms with E-state index in [-0.39, 0.29) is 5.91 Å². The first-order valence-electron chi connectivity index (χ1n) is 7.68.